The first kappa shape index (κ1) is 15.8. The molecule has 2 heterocycles. The smallest absolute Gasteiger partial charge is 0.173 e. The third-order valence-corrected chi connectivity index (χ3v) is 5.92. The molecule has 2 saturated heterocycles. The van der Waals surface area contributed by atoms with Crippen LogP contribution in [0.1, 0.15) is 0 Å². The van der Waals surface area contributed by atoms with Crippen LogP contribution in [0.5, 0.6) is 0 Å². The number of carbonyl (C=O) groups excluding carboxylic acids is 1. The van der Waals surface area contributed by atoms with E-state index in [1.54, 1.807) is 0 Å². The van der Waals surface area contributed by atoms with Gasteiger partial charge in [0, 0.05) is 26.2 Å². The van der Waals surface area contributed by atoms with E-state index < -0.39 is 6.71 Å². The molecule has 0 saturated carbocycles. The zero-order chi connectivity index (χ0) is 13.4. The number of hydrogen-bond donors (Lipinski definition) is 4. The molecular weight excluding hydrogens is 500 g/mol. The number of piperazine rings is 2. The number of alkyl halides is 4. The first-order chi connectivity index (χ1) is 8.34. The molecule has 9 heteroatoms. The highest BCUT2D eigenvalue weighted by Gasteiger charge is 2.49. The van der Waals surface area contributed by atoms with E-state index in [1.165, 1.54) is 0 Å². The first-order valence-electron chi connectivity index (χ1n) is 5.61. The summed E-state index contributed by atoms with van der Waals surface area (Å²) in [5.41, 5.74) is 0. The van der Waals surface area contributed by atoms with Crippen LogP contribution in [-0.4, -0.2) is 50.8 Å². The molecule has 0 aromatic rings. The molecule has 0 aromatic carbocycles. The Morgan fingerprint density at radius 2 is 1.22 bits per heavy atom. The zero-order valence-electron chi connectivity index (χ0n) is 9.40. The van der Waals surface area contributed by atoms with Crippen LogP contribution in [0.25, 0.3) is 0 Å². The van der Waals surface area contributed by atoms with Crippen LogP contribution in [-0.2, 0) is 4.79 Å². The minimum atomic E-state index is -0.607. The van der Waals surface area contributed by atoms with Crippen LogP contribution in [0, 0.1) is 0 Å². The highest BCUT2D eigenvalue weighted by molar-refractivity contribution is 9.25. The number of halogens is 4. The van der Waals surface area contributed by atoms with Gasteiger partial charge < -0.3 is 10.6 Å². The van der Waals surface area contributed by atoms with E-state index in [2.05, 4.69) is 85.0 Å². The highest BCUT2D eigenvalue weighted by atomic mass is 79.9. The molecule has 0 aromatic heterocycles. The molecule has 2 atom stereocenters. The van der Waals surface area contributed by atoms with Crippen molar-refractivity contribution in [1.82, 2.24) is 21.3 Å². The van der Waals surface area contributed by atoms with Gasteiger partial charge in [0.25, 0.3) is 0 Å². The van der Waals surface area contributed by atoms with E-state index in [0.29, 0.717) is 0 Å². The van der Waals surface area contributed by atoms with E-state index in [0.717, 1.165) is 26.2 Å². The second kappa shape index (κ2) is 6.05. The molecule has 0 aliphatic carbocycles. The predicted molar refractivity (Wildman–Crippen MR) is 85.8 cm³/mol. The van der Waals surface area contributed by atoms with Crippen LogP contribution in [0.3, 0.4) is 0 Å². The molecule has 104 valence electrons. The SMILES string of the molecule is O=C(C1NCCNC1(Br)Br)C1NCCNC1(Br)Br. The fourth-order valence-electron chi connectivity index (χ4n) is 2.08. The Kier molecular flexibility index (Phi) is 5.31. The number of rotatable bonds is 2. The molecule has 5 nitrogen and oxygen atoms in total. The number of Topliss-reactive ketones (excluding diaryl/α,β-unsaturated/α-hetero) is 1. The van der Waals surface area contributed by atoms with E-state index >= 15 is 0 Å². The van der Waals surface area contributed by atoms with Gasteiger partial charge >= 0.3 is 0 Å². The van der Waals surface area contributed by atoms with Crippen molar-refractivity contribution < 1.29 is 4.79 Å². The summed E-state index contributed by atoms with van der Waals surface area (Å²) < 4.78 is -1.21. The van der Waals surface area contributed by atoms with E-state index in [-0.39, 0.29) is 17.9 Å². The molecule has 2 fully saturated rings. The summed E-state index contributed by atoms with van der Waals surface area (Å²) in [6.07, 6.45) is 0. The lowest BCUT2D eigenvalue weighted by Gasteiger charge is -2.42. The fraction of sp³-hybridized carbons (Fsp3) is 0.889. The second-order valence-electron chi connectivity index (χ2n) is 4.28. The van der Waals surface area contributed by atoms with Gasteiger partial charge in [-0.25, -0.2) is 0 Å². The number of ketones is 1. The van der Waals surface area contributed by atoms with Crippen LogP contribution >= 0.6 is 63.7 Å². The van der Waals surface area contributed by atoms with Crippen LogP contribution in [0.15, 0.2) is 0 Å². The predicted octanol–water partition coefficient (Wildman–Crippen LogP) is 0.566. The van der Waals surface area contributed by atoms with Gasteiger partial charge in [0.2, 0.25) is 0 Å². The van der Waals surface area contributed by atoms with Gasteiger partial charge in [-0.15, -0.1) is 0 Å². The standard InChI is InChI=1S/C9H14Br4N4O/c10-8(11)6(14-1-3-16-8)5(18)7-9(12,13)17-4-2-15-7/h6-7,14-17H,1-4H2. The Hall–Kier alpha value is 1.43. The number of carbonyl (C=O) groups is 1. The van der Waals surface area contributed by atoms with Crippen molar-refractivity contribution in [3.05, 3.63) is 0 Å². The Bertz CT molecular complexity index is 309. The maximum Gasteiger partial charge on any atom is 0.173 e. The van der Waals surface area contributed by atoms with Gasteiger partial charge in [-0.05, 0) is 0 Å². The third-order valence-electron chi connectivity index (χ3n) is 2.96. The average Bonchev–Trinajstić information content (AvgIpc) is 2.27. The maximum atomic E-state index is 12.7. The first-order valence-corrected chi connectivity index (χ1v) is 8.78. The summed E-state index contributed by atoms with van der Waals surface area (Å²) in [5.74, 6) is 0.0666. The Morgan fingerprint density at radius 1 is 0.833 bits per heavy atom. The van der Waals surface area contributed by atoms with Crippen molar-refractivity contribution in [2.24, 2.45) is 0 Å². The lowest BCUT2D eigenvalue weighted by Crippen LogP contribution is -2.70. The third kappa shape index (κ3) is 3.36. The van der Waals surface area contributed by atoms with Crippen molar-refractivity contribution in [2.45, 2.75) is 18.8 Å². The molecule has 0 radical (unpaired) electrons. The molecule has 2 rings (SSSR count). The van der Waals surface area contributed by atoms with Crippen LogP contribution in [0.2, 0.25) is 0 Å². The van der Waals surface area contributed by atoms with Crippen LogP contribution in [0.4, 0.5) is 0 Å². The molecule has 2 aliphatic heterocycles. The topological polar surface area (TPSA) is 65.2 Å². The Balaban J connectivity index is 2.14. The van der Waals surface area contributed by atoms with Crippen molar-refractivity contribution in [2.75, 3.05) is 26.2 Å². The highest BCUT2D eigenvalue weighted by Crippen LogP contribution is 2.34. The van der Waals surface area contributed by atoms with E-state index in [9.17, 15) is 4.79 Å². The molecule has 18 heavy (non-hydrogen) atoms. The summed E-state index contributed by atoms with van der Waals surface area (Å²) in [6.45, 7) is 3.11. The molecule has 0 amide bonds. The zero-order valence-corrected chi connectivity index (χ0v) is 15.7. The quantitative estimate of drug-likeness (QED) is 0.321. The van der Waals surface area contributed by atoms with Crippen LogP contribution < -0.4 is 21.3 Å². The van der Waals surface area contributed by atoms with Crippen molar-refractivity contribution in [3.63, 3.8) is 0 Å². The van der Waals surface area contributed by atoms with Gasteiger partial charge in [-0.2, -0.15) is 0 Å². The van der Waals surface area contributed by atoms with E-state index in [4.69, 9.17) is 0 Å². The summed E-state index contributed by atoms with van der Waals surface area (Å²) >= 11 is 14.0. The summed E-state index contributed by atoms with van der Waals surface area (Å²) in [4.78, 5) is 12.7. The Morgan fingerprint density at radius 3 is 1.56 bits per heavy atom. The Labute approximate surface area is 139 Å². The largest absolute Gasteiger partial charge is 0.303 e. The summed E-state index contributed by atoms with van der Waals surface area (Å²) in [5, 5.41) is 12.9. The monoisotopic (exact) mass is 510 g/mol. The number of hydrogen-bond acceptors (Lipinski definition) is 5. The molecular formula is C9H14Br4N4O. The van der Waals surface area contributed by atoms with Gasteiger partial charge in [0.05, 0.1) is 0 Å². The van der Waals surface area contributed by atoms with Gasteiger partial charge in [-0.1, -0.05) is 63.7 Å². The average molecular weight is 514 g/mol. The molecule has 2 aliphatic rings. The maximum absolute atomic E-state index is 12.7. The minimum absolute atomic E-state index is 0.0666. The van der Waals surface area contributed by atoms with Gasteiger partial charge in [0.1, 0.15) is 12.1 Å². The summed E-state index contributed by atoms with van der Waals surface area (Å²) in [6, 6.07) is -0.726. The van der Waals surface area contributed by atoms with Gasteiger partial charge in [-0.3, -0.25) is 15.4 Å². The lowest BCUT2D eigenvalue weighted by molar-refractivity contribution is -0.124. The lowest BCUT2D eigenvalue weighted by atomic mass is 10.0. The summed E-state index contributed by atoms with van der Waals surface area (Å²) in [7, 11) is 0. The molecule has 4 N–H and O–H groups in total. The van der Waals surface area contributed by atoms with Gasteiger partial charge in [0.15, 0.2) is 12.5 Å². The number of nitrogens with one attached hydrogen (secondary N) is 4. The minimum Gasteiger partial charge on any atom is -0.303 e. The van der Waals surface area contributed by atoms with Crippen molar-refractivity contribution >= 4 is 69.5 Å². The fourth-order valence-corrected chi connectivity index (χ4v) is 4.42. The molecule has 0 spiro atoms. The van der Waals surface area contributed by atoms with E-state index in [1.807, 2.05) is 0 Å². The van der Waals surface area contributed by atoms with Crippen molar-refractivity contribution in [3.8, 4) is 0 Å². The van der Waals surface area contributed by atoms with Crippen molar-refractivity contribution in [1.29, 1.82) is 0 Å². The second-order valence-corrected chi connectivity index (χ2v) is 11.4. The molecule has 0 bridgehead atoms. The normalized spacial score (nSPS) is 35.1. The molecule has 2 unspecified atom stereocenters.